The molecule has 2 aromatic carbocycles. The Bertz CT molecular complexity index is 1640. The first-order valence-electron chi connectivity index (χ1n) is 10.2. The number of pyridine rings is 1. The summed E-state index contributed by atoms with van der Waals surface area (Å²) in [6.45, 7) is 0. The van der Waals surface area contributed by atoms with Gasteiger partial charge in [0.15, 0.2) is 10.9 Å². The minimum atomic E-state index is -4.28. The molecule has 36 heavy (non-hydrogen) atoms. The van der Waals surface area contributed by atoms with Gasteiger partial charge in [-0.05, 0) is 30.3 Å². The Hall–Kier alpha value is -3.80. The van der Waals surface area contributed by atoms with Crippen LogP contribution in [0.25, 0.3) is 22.4 Å². The van der Waals surface area contributed by atoms with E-state index >= 15 is 0 Å². The van der Waals surface area contributed by atoms with Crippen molar-refractivity contribution >= 4 is 38.1 Å². The number of halogens is 3. The summed E-state index contributed by atoms with van der Waals surface area (Å²) in [5, 5.41) is 1.51. The van der Waals surface area contributed by atoms with Gasteiger partial charge in [-0.15, -0.1) is 11.3 Å². The Balaban J connectivity index is 1.51. The summed E-state index contributed by atoms with van der Waals surface area (Å²) < 4.78 is 67.1. The van der Waals surface area contributed by atoms with Crippen LogP contribution < -0.4 is 9.46 Å². The molecule has 0 fully saturated rings. The van der Waals surface area contributed by atoms with Gasteiger partial charge in [-0.3, -0.25) is 9.71 Å². The molecule has 0 radical (unpaired) electrons. The van der Waals surface area contributed by atoms with E-state index in [1.807, 2.05) is 0 Å². The molecule has 3 aromatic heterocycles. The second-order valence-corrected chi connectivity index (χ2v) is 10.3. The number of hydrogen-bond acceptors (Lipinski definition) is 7. The van der Waals surface area contributed by atoms with Crippen LogP contribution in [-0.2, 0) is 10.0 Å². The molecule has 182 valence electrons. The average molecular weight is 546 g/mol. The monoisotopic (exact) mass is 545 g/mol. The number of anilines is 1. The lowest BCUT2D eigenvalue weighted by atomic mass is 10.0. The van der Waals surface area contributed by atoms with E-state index in [0.29, 0.717) is 22.4 Å². The fourth-order valence-electron chi connectivity index (χ4n) is 3.33. The molecule has 0 aliphatic carbocycles. The van der Waals surface area contributed by atoms with Crippen molar-refractivity contribution in [3.63, 3.8) is 0 Å². The van der Waals surface area contributed by atoms with Gasteiger partial charge in [0.1, 0.15) is 22.3 Å². The number of aromatic nitrogens is 2. The summed E-state index contributed by atoms with van der Waals surface area (Å²) in [4.78, 5) is 7.51. The predicted molar refractivity (Wildman–Crippen MR) is 132 cm³/mol. The average Bonchev–Trinajstić information content (AvgIpc) is 3.56. The highest BCUT2D eigenvalue weighted by Crippen LogP contribution is 2.39. The molecule has 5 aromatic rings. The molecular weight excluding hydrogens is 532 g/mol. The molecule has 3 heterocycles. The molecule has 0 amide bonds. The second kappa shape index (κ2) is 9.69. The van der Waals surface area contributed by atoms with E-state index in [2.05, 4.69) is 14.7 Å². The van der Waals surface area contributed by atoms with Gasteiger partial charge in [0.25, 0.3) is 10.0 Å². The lowest BCUT2D eigenvalue weighted by molar-refractivity contribution is 0.473. The lowest BCUT2D eigenvalue weighted by Crippen LogP contribution is -2.14. The quantitative estimate of drug-likeness (QED) is 0.237. The maximum Gasteiger partial charge on any atom is 0.266 e. The first-order valence-corrected chi connectivity index (χ1v) is 12.9. The second-order valence-electron chi connectivity index (χ2n) is 7.35. The van der Waals surface area contributed by atoms with E-state index < -0.39 is 26.6 Å². The van der Waals surface area contributed by atoms with E-state index in [4.69, 9.17) is 20.8 Å². The number of nitrogens with one attached hydrogen (secondary N) is 1. The molecule has 0 aliphatic rings. The fraction of sp³-hybridized carbons (Fsp3) is 0. The maximum atomic E-state index is 14.9. The van der Waals surface area contributed by atoms with Crippen molar-refractivity contribution < 1.29 is 26.4 Å². The number of nitrogens with zero attached hydrogens (tertiary/aromatic N) is 2. The van der Waals surface area contributed by atoms with Gasteiger partial charge in [-0.1, -0.05) is 23.7 Å². The number of ether oxygens (including phenoxy) is 1. The summed E-state index contributed by atoms with van der Waals surface area (Å²) in [5.74, 6) is -1.43. The Morgan fingerprint density at radius 1 is 1.03 bits per heavy atom. The molecule has 7 nitrogen and oxygen atoms in total. The van der Waals surface area contributed by atoms with E-state index in [1.165, 1.54) is 37.1 Å². The molecule has 1 N–H and O–H groups in total. The van der Waals surface area contributed by atoms with Crippen molar-refractivity contribution in [1.29, 1.82) is 0 Å². The summed E-state index contributed by atoms with van der Waals surface area (Å²) in [6, 6.07) is 11.1. The molecule has 0 spiro atoms. The molecule has 0 saturated carbocycles. The molecule has 0 bridgehead atoms. The fourth-order valence-corrected chi connectivity index (χ4v) is 5.47. The van der Waals surface area contributed by atoms with Crippen LogP contribution in [0, 0.1) is 11.6 Å². The Morgan fingerprint density at radius 3 is 2.61 bits per heavy atom. The van der Waals surface area contributed by atoms with Crippen molar-refractivity contribution in [3.8, 4) is 33.9 Å². The van der Waals surface area contributed by atoms with Gasteiger partial charge < -0.3 is 9.15 Å². The molecule has 0 aliphatic heterocycles. The number of furan rings is 1. The molecule has 0 saturated heterocycles. The molecular formula is C24H14ClF2N3O4S2. The van der Waals surface area contributed by atoms with Gasteiger partial charge in [0, 0.05) is 34.3 Å². The molecule has 0 atom stereocenters. The van der Waals surface area contributed by atoms with Crippen LogP contribution in [0.5, 0.6) is 11.5 Å². The van der Waals surface area contributed by atoms with E-state index in [9.17, 15) is 17.2 Å². The summed E-state index contributed by atoms with van der Waals surface area (Å²) in [6.07, 6.45) is 5.72. The Labute approximate surface area is 213 Å². The predicted octanol–water partition coefficient (Wildman–Crippen LogP) is 6.99. The van der Waals surface area contributed by atoms with Crippen LogP contribution in [0.3, 0.4) is 0 Å². The smallest absolute Gasteiger partial charge is 0.266 e. The van der Waals surface area contributed by atoms with Gasteiger partial charge in [-0.2, -0.15) is 0 Å². The van der Waals surface area contributed by atoms with Crippen molar-refractivity contribution in [1.82, 2.24) is 9.97 Å². The van der Waals surface area contributed by atoms with Gasteiger partial charge in [0.05, 0.1) is 29.4 Å². The van der Waals surface area contributed by atoms with Gasteiger partial charge in [0.2, 0.25) is 0 Å². The molecule has 12 heteroatoms. The Kier molecular flexibility index (Phi) is 6.44. The largest absolute Gasteiger partial charge is 0.472 e. The minimum Gasteiger partial charge on any atom is -0.472 e. The first-order chi connectivity index (χ1) is 17.3. The first kappa shape index (κ1) is 23.9. The summed E-state index contributed by atoms with van der Waals surface area (Å²) >= 11 is 7.33. The number of sulfonamides is 1. The SMILES string of the molecule is O=S(=O)(Nc1nccs1)c1cc(Cl)c(Oc2cnc(-c3cccc(F)c3)cc2-c2ccoc2)cc1F. The van der Waals surface area contributed by atoms with Crippen LogP contribution in [0.2, 0.25) is 5.02 Å². The molecule has 0 unspecified atom stereocenters. The van der Waals surface area contributed by atoms with Crippen molar-refractivity contribution in [2.45, 2.75) is 4.90 Å². The maximum absolute atomic E-state index is 14.9. The molecule has 5 rings (SSSR count). The lowest BCUT2D eigenvalue weighted by Gasteiger charge is -2.14. The normalized spacial score (nSPS) is 11.4. The van der Waals surface area contributed by atoms with Crippen molar-refractivity contribution in [2.75, 3.05) is 4.72 Å². The minimum absolute atomic E-state index is 0.0834. The zero-order valence-corrected chi connectivity index (χ0v) is 20.4. The zero-order chi connectivity index (χ0) is 25.3. The number of benzene rings is 2. The highest BCUT2D eigenvalue weighted by molar-refractivity contribution is 7.93. The highest BCUT2D eigenvalue weighted by Gasteiger charge is 2.24. The van der Waals surface area contributed by atoms with Crippen molar-refractivity contribution in [3.05, 3.63) is 95.5 Å². The van der Waals surface area contributed by atoms with Crippen LogP contribution >= 0.6 is 22.9 Å². The highest BCUT2D eigenvalue weighted by atomic mass is 35.5. The van der Waals surface area contributed by atoms with Crippen LogP contribution in [0.15, 0.2) is 88.1 Å². The number of thiazole rings is 1. The van der Waals surface area contributed by atoms with E-state index in [1.54, 1.807) is 29.6 Å². The number of rotatable bonds is 7. The van der Waals surface area contributed by atoms with Crippen LogP contribution in [-0.4, -0.2) is 18.4 Å². The number of hydrogen-bond donors (Lipinski definition) is 1. The van der Waals surface area contributed by atoms with E-state index in [0.717, 1.165) is 23.5 Å². The summed E-state index contributed by atoms with van der Waals surface area (Å²) in [7, 11) is -4.28. The third kappa shape index (κ3) is 4.94. The van der Waals surface area contributed by atoms with Gasteiger partial charge >= 0.3 is 0 Å². The standard InChI is InChI=1S/C24H14ClF2N3O4S2/c25-18-10-23(36(31,32)30-24-28-5-7-35-24)19(27)11-21(18)34-22-12-29-20(14-2-1-3-16(26)8-14)9-17(22)15-4-6-33-13-15/h1-13H,(H,28,30). The third-order valence-electron chi connectivity index (χ3n) is 4.97. The van der Waals surface area contributed by atoms with Crippen molar-refractivity contribution in [2.24, 2.45) is 0 Å². The summed E-state index contributed by atoms with van der Waals surface area (Å²) in [5.41, 5.74) is 2.13. The zero-order valence-electron chi connectivity index (χ0n) is 18.0. The van der Waals surface area contributed by atoms with Crippen LogP contribution in [0.1, 0.15) is 0 Å². The van der Waals surface area contributed by atoms with Gasteiger partial charge in [-0.25, -0.2) is 22.2 Å². The van der Waals surface area contributed by atoms with E-state index in [-0.39, 0.29) is 21.7 Å². The topological polar surface area (TPSA) is 94.3 Å². The third-order valence-corrected chi connectivity index (χ3v) is 7.44. The Morgan fingerprint density at radius 2 is 1.89 bits per heavy atom. The van der Waals surface area contributed by atoms with Crippen LogP contribution in [0.4, 0.5) is 13.9 Å².